The van der Waals surface area contributed by atoms with E-state index in [-0.39, 0.29) is 35.2 Å². The summed E-state index contributed by atoms with van der Waals surface area (Å²) in [5, 5.41) is 9.53. The maximum absolute atomic E-state index is 15.3. The number of halogens is 2. The van der Waals surface area contributed by atoms with Gasteiger partial charge in [0.05, 0.1) is 18.9 Å². The number of carboxylic acid groups (broad SMARTS) is 1. The molecule has 0 saturated heterocycles. The molecule has 0 unspecified atom stereocenters. The van der Waals surface area contributed by atoms with E-state index < -0.39 is 29.3 Å². The van der Waals surface area contributed by atoms with Crippen LogP contribution < -0.4 is 9.47 Å². The topological polar surface area (TPSA) is 89.0 Å². The zero-order chi connectivity index (χ0) is 30.8. The lowest BCUT2D eigenvalue weighted by Gasteiger charge is -2.31. The molecule has 1 fully saturated rings. The molecule has 1 saturated carbocycles. The molecule has 1 aromatic heterocycles. The number of hydrogen-bond acceptors (Lipinski definition) is 6. The van der Waals surface area contributed by atoms with E-state index in [1.165, 1.54) is 19.2 Å². The molecule has 1 aliphatic rings. The summed E-state index contributed by atoms with van der Waals surface area (Å²) in [6, 6.07) is 13.3. The number of rotatable bonds is 12. The van der Waals surface area contributed by atoms with Gasteiger partial charge < -0.3 is 14.6 Å². The number of aliphatic carboxylic acids is 1. The Labute approximate surface area is 245 Å². The molecule has 0 bridgehead atoms. The van der Waals surface area contributed by atoms with Gasteiger partial charge in [0.15, 0.2) is 0 Å². The summed E-state index contributed by atoms with van der Waals surface area (Å²) < 4.78 is 41.2. The molecule has 1 N–H and O–H groups in total. The van der Waals surface area contributed by atoms with Crippen molar-refractivity contribution in [3.8, 4) is 22.8 Å². The van der Waals surface area contributed by atoms with Crippen LogP contribution in [-0.4, -0.2) is 51.8 Å². The van der Waals surface area contributed by atoms with Crippen molar-refractivity contribution in [2.24, 2.45) is 5.92 Å². The van der Waals surface area contributed by atoms with Gasteiger partial charge in [0.2, 0.25) is 11.5 Å². The Bertz CT molecular complexity index is 1440. The summed E-state index contributed by atoms with van der Waals surface area (Å²) in [6.07, 6.45) is 2.58. The first-order valence-electron chi connectivity index (χ1n) is 14.2. The molecule has 4 rings (SSSR count). The maximum Gasteiger partial charge on any atom is 0.343 e. The molecule has 0 amide bonds. The minimum Gasteiger partial charge on any atom is -0.481 e. The van der Waals surface area contributed by atoms with Gasteiger partial charge in [-0.1, -0.05) is 18.2 Å². The maximum atomic E-state index is 15.3. The lowest BCUT2D eigenvalue weighted by molar-refractivity contribution is -0.151. The normalized spacial score (nSPS) is 15.5. The van der Waals surface area contributed by atoms with Crippen LogP contribution in [0.2, 0.25) is 0 Å². The second kappa shape index (κ2) is 12.6. The number of carboxylic acids is 1. The van der Waals surface area contributed by atoms with Gasteiger partial charge in [-0.05, 0) is 94.3 Å². The second-order valence-electron chi connectivity index (χ2n) is 11.6. The predicted molar refractivity (Wildman–Crippen MR) is 156 cm³/mol. The van der Waals surface area contributed by atoms with Crippen LogP contribution in [0.4, 0.5) is 8.78 Å². The fourth-order valence-corrected chi connectivity index (χ4v) is 5.54. The second-order valence-corrected chi connectivity index (χ2v) is 11.6. The van der Waals surface area contributed by atoms with E-state index in [2.05, 4.69) is 37.6 Å². The van der Waals surface area contributed by atoms with Crippen molar-refractivity contribution in [2.45, 2.75) is 77.7 Å². The first-order chi connectivity index (χ1) is 19.8. The van der Waals surface area contributed by atoms with Crippen molar-refractivity contribution in [1.29, 1.82) is 0 Å². The Balaban J connectivity index is 1.68. The molecule has 1 aliphatic carbocycles. The Kier molecular flexibility index (Phi) is 9.30. The molecule has 9 heteroatoms. The molecule has 224 valence electrons. The number of benzene rings is 2. The lowest BCUT2D eigenvalue weighted by Crippen LogP contribution is -2.38. The highest BCUT2D eigenvalue weighted by Gasteiger charge is 2.50. The third-order valence-corrected chi connectivity index (χ3v) is 7.87. The van der Waals surface area contributed by atoms with Crippen LogP contribution in [0.15, 0.2) is 54.7 Å². The first kappa shape index (κ1) is 31.1. The zero-order valence-corrected chi connectivity index (χ0v) is 24.9. The molecule has 2 aromatic carbocycles. The van der Waals surface area contributed by atoms with E-state index in [4.69, 9.17) is 9.47 Å². The fourth-order valence-electron chi connectivity index (χ4n) is 5.54. The van der Waals surface area contributed by atoms with Crippen LogP contribution in [0.5, 0.6) is 11.6 Å². The van der Waals surface area contributed by atoms with Gasteiger partial charge in [0.1, 0.15) is 11.6 Å². The molecule has 1 heterocycles. The molecular weight excluding hydrogens is 542 g/mol. The van der Waals surface area contributed by atoms with E-state index in [1.807, 2.05) is 0 Å². The molecule has 3 aromatic rings. The zero-order valence-electron chi connectivity index (χ0n) is 24.9. The van der Waals surface area contributed by atoms with Crippen LogP contribution >= 0.6 is 0 Å². The van der Waals surface area contributed by atoms with Gasteiger partial charge in [-0.3, -0.25) is 4.90 Å². The average Bonchev–Trinajstić information content (AvgIpc) is 3.77. The van der Waals surface area contributed by atoms with Gasteiger partial charge in [0.25, 0.3) is 0 Å². The van der Waals surface area contributed by atoms with E-state index in [9.17, 15) is 19.1 Å². The quantitative estimate of drug-likeness (QED) is 0.182. The number of alkyl halides is 1. The number of aromatic nitrogens is 1. The molecule has 42 heavy (non-hydrogen) atoms. The van der Waals surface area contributed by atoms with Crippen molar-refractivity contribution < 1.29 is 33.0 Å². The Morgan fingerprint density at radius 1 is 1.07 bits per heavy atom. The molecular formula is C33H38F2N2O5. The Hall–Kier alpha value is -3.85. The van der Waals surface area contributed by atoms with Gasteiger partial charge in [-0.15, -0.1) is 0 Å². The van der Waals surface area contributed by atoms with E-state index >= 15 is 4.39 Å². The van der Waals surface area contributed by atoms with Gasteiger partial charge in [-0.25, -0.2) is 23.4 Å². The first-order valence-corrected chi connectivity index (χ1v) is 14.2. The standard InChI is InChI=1S/C33H38F2N2O5/c1-19(2)37(20(3)4)18-24-15-25(12-13-26(24)27-16-29(41-6)36-17-28(27)34)42-31(38)23-9-7-8-22(14-23)30(21-10-11-21)33(5,35)32(39)40/h7-9,12-17,19-21,30H,10-11,18H2,1-6H3,(H,39,40)/t30-,33+/m0/s1. The third-order valence-electron chi connectivity index (χ3n) is 7.87. The van der Waals surface area contributed by atoms with E-state index in [0.29, 0.717) is 23.2 Å². The Morgan fingerprint density at radius 3 is 2.36 bits per heavy atom. The monoisotopic (exact) mass is 580 g/mol. The van der Waals surface area contributed by atoms with E-state index in [1.54, 1.807) is 36.4 Å². The summed E-state index contributed by atoms with van der Waals surface area (Å²) in [6.45, 7) is 9.85. The summed E-state index contributed by atoms with van der Waals surface area (Å²) in [4.78, 5) is 31.2. The predicted octanol–water partition coefficient (Wildman–Crippen LogP) is 7.04. The van der Waals surface area contributed by atoms with Crippen molar-refractivity contribution in [3.05, 3.63) is 77.2 Å². The van der Waals surface area contributed by atoms with Crippen LogP contribution in [0.25, 0.3) is 11.1 Å². The minimum atomic E-state index is -2.47. The van der Waals surface area contributed by atoms with Crippen LogP contribution in [-0.2, 0) is 11.3 Å². The van der Waals surface area contributed by atoms with Crippen molar-refractivity contribution in [3.63, 3.8) is 0 Å². The van der Waals surface area contributed by atoms with Crippen molar-refractivity contribution in [1.82, 2.24) is 9.88 Å². The molecule has 0 aliphatic heterocycles. The molecule has 0 radical (unpaired) electrons. The fraction of sp³-hybridized carbons (Fsp3) is 0.424. The largest absolute Gasteiger partial charge is 0.481 e. The van der Waals surface area contributed by atoms with Gasteiger partial charge in [-0.2, -0.15) is 0 Å². The summed E-state index contributed by atoms with van der Waals surface area (Å²) in [5.74, 6) is -3.15. The highest BCUT2D eigenvalue weighted by atomic mass is 19.1. The smallest absolute Gasteiger partial charge is 0.343 e. The molecule has 0 spiro atoms. The van der Waals surface area contributed by atoms with Crippen LogP contribution in [0, 0.1) is 11.7 Å². The number of hydrogen-bond donors (Lipinski definition) is 1. The highest BCUT2D eigenvalue weighted by Crippen LogP contribution is 2.50. The summed E-state index contributed by atoms with van der Waals surface area (Å²) in [5.41, 5.74) is -0.175. The van der Waals surface area contributed by atoms with Crippen LogP contribution in [0.1, 0.15) is 74.9 Å². The number of ether oxygens (including phenoxy) is 2. The number of pyridine rings is 1. The number of esters is 1. The minimum absolute atomic E-state index is 0.102. The molecule has 2 atom stereocenters. The van der Waals surface area contributed by atoms with Gasteiger partial charge in [0, 0.05) is 36.2 Å². The lowest BCUT2D eigenvalue weighted by atomic mass is 9.80. The van der Waals surface area contributed by atoms with E-state index in [0.717, 1.165) is 31.5 Å². The summed E-state index contributed by atoms with van der Waals surface area (Å²) in [7, 11) is 1.46. The highest BCUT2D eigenvalue weighted by molar-refractivity contribution is 5.91. The summed E-state index contributed by atoms with van der Waals surface area (Å²) >= 11 is 0. The number of nitrogens with zero attached hydrogens (tertiary/aromatic N) is 2. The Morgan fingerprint density at radius 2 is 1.76 bits per heavy atom. The number of carbonyl (C=O) groups is 2. The molecule has 7 nitrogen and oxygen atoms in total. The van der Waals surface area contributed by atoms with Crippen molar-refractivity contribution in [2.75, 3.05) is 7.11 Å². The SMILES string of the molecule is COc1cc(-c2ccc(OC(=O)c3cccc([C@H](C4CC4)[C@@](C)(F)C(=O)O)c3)cc2CN(C(C)C)C(C)C)c(F)cn1. The number of methoxy groups -OCH3 is 1. The van der Waals surface area contributed by atoms with Crippen LogP contribution in [0.3, 0.4) is 0 Å². The number of carbonyl (C=O) groups excluding carboxylic acids is 1. The third kappa shape index (κ3) is 6.78. The average molecular weight is 581 g/mol. The van der Waals surface area contributed by atoms with Crippen molar-refractivity contribution >= 4 is 11.9 Å². The van der Waals surface area contributed by atoms with Gasteiger partial charge >= 0.3 is 11.9 Å².